The maximum atomic E-state index is 12.3. The van der Waals surface area contributed by atoms with Gasteiger partial charge in [0.2, 0.25) is 0 Å². The van der Waals surface area contributed by atoms with Crippen LogP contribution in [-0.4, -0.2) is 15.4 Å². The van der Waals surface area contributed by atoms with Crippen LogP contribution >= 0.6 is 0 Å². The molecule has 0 spiro atoms. The molecule has 4 heteroatoms. The van der Waals surface area contributed by atoms with Crippen molar-refractivity contribution in [1.82, 2.24) is 14.7 Å². The number of nitrogens with zero attached hydrogens (tertiary/aromatic N) is 2. The minimum atomic E-state index is 0.00285. The molecule has 4 rings (SSSR count). The van der Waals surface area contributed by atoms with E-state index in [0.717, 1.165) is 34.7 Å². The van der Waals surface area contributed by atoms with E-state index in [9.17, 15) is 4.79 Å². The van der Waals surface area contributed by atoms with Crippen LogP contribution in [0.1, 0.15) is 43.9 Å². The first-order chi connectivity index (χ1) is 11.1. The Balaban J connectivity index is 1.50. The largest absolute Gasteiger partial charge is 0.308 e. The van der Waals surface area contributed by atoms with E-state index in [2.05, 4.69) is 17.2 Å². The molecule has 0 unspecified atom stereocenters. The van der Waals surface area contributed by atoms with Gasteiger partial charge in [-0.1, -0.05) is 12.5 Å². The van der Waals surface area contributed by atoms with Gasteiger partial charge < -0.3 is 5.32 Å². The van der Waals surface area contributed by atoms with E-state index < -0.39 is 0 Å². The summed E-state index contributed by atoms with van der Waals surface area (Å²) in [7, 11) is 0. The zero-order chi connectivity index (χ0) is 16.0. The van der Waals surface area contributed by atoms with Gasteiger partial charge in [-0.3, -0.25) is 9.20 Å². The highest BCUT2D eigenvalue weighted by Crippen LogP contribution is 2.49. The van der Waals surface area contributed by atoms with Gasteiger partial charge in [-0.15, -0.1) is 0 Å². The monoisotopic (exact) mass is 311 g/mol. The zero-order valence-corrected chi connectivity index (χ0v) is 14.0. The normalized spacial score (nSPS) is 27.7. The molecule has 2 aromatic rings. The van der Waals surface area contributed by atoms with Gasteiger partial charge in [-0.2, -0.15) is 0 Å². The summed E-state index contributed by atoms with van der Waals surface area (Å²) >= 11 is 0. The van der Waals surface area contributed by atoms with E-state index in [1.807, 2.05) is 19.1 Å². The molecule has 0 amide bonds. The molecule has 2 aromatic heterocycles. The molecule has 2 aliphatic carbocycles. The summed E-state index contributed by atoms with van der Waals surface area (Å²) in [6, 6.07) is 6.05. The number of hydrogen-bond donors (Lipinski definition) is 1. The fraction of sp³-hybridized carbons (Fsp3) is 0.579. The fourth-order valence-corrected chi connectivity index (χ4v) is 4.72. The third kappa shape index (κ3) is 2.69. The van der Waals surface area contributed by atoms with Gasteiger partial charge in [0.05, 0.1) is 5.69 Å². The third-order valence-electron chi connectivity index (χ3n) is 5.98. The van der Waals surface area contributed by atoms with Crippen molar-refractivity contribution in [3.05, 3.63) is 46.0 Å². The van der Waals surface area contributed by atoms with E-state index >= 15 is 0 Å². The van der Waals surface area contributed by atoms with Gasteiger partial charge >= 0.3 is 0 Å². The Kier molecular flexibility index (Phi) is 3.72. The number of fused-ring (bicyclic) bond motifs is 3. The average molecular weight is 311 g/mol. The van der Waals surface area contributed by atoms with Gasteiger partial charge in [-0.25, -0.2) is 4.98 Å². The van der Waals surface area contributed by atoms with Gasteiger partial charge in [0, 0.05) is 24.8 Å². The lowest BCUT2D eigenvalue weighted by Gasteiger charge is -2.28. The first-order valence-corrected chi connectivity index (χ1v) is 8.83. The van der Waals surface area contributed by atoms with Crippen molar-refractivity contribution in [3.63, 3.8) is 0 Å². The Hall–Kier alpha value is -1.68. The second-order valence-electron chi connectivity index (χ2n) is 7.48. The molecular weight excluding hydrogens is 286 g/mol. The molecule has 122 valence electrons. The summed E-state index contributed by atoms with van der Waals surface area (Å²) in [5.41, 5.74) is 2.65. The van der Waals surface area contributed by atoms with Crippen LogP contribution in [0.25, 0.3) is 5.65 Å². The molecule has 0 aliphatic heterocycles. The minimum absolute atomic E-state index is 0.00285. The summed E-state index contributed by atoms with van der Waals surface area (Å²) in [6.45, 7) is 4.97. The van der Waals surface area contributed by atoms with Gasteiger partial charge in [-0.05, 0) is 62.5 Å². The van der Waals surface area contributed by atoms with Crippen molar-refractivity contribution in [1.29, 1.82) is 0 Å². The number of aromatic nitrogens is 2. The van der Waals surface area contributed by atoms with Crippen LogP contribution in [0.3, 0.4) is 0 Å². The first kappa shape index (κ1) is 14.9. The smallest absolute Gasteiger partial charge is 0.258 e. The molecule has 1 N–H and O–H groups in total. The standard InChI is InChI=1S/C19H25N3O/c1-12-4-3-7-22-18(23)10-16(21-19(12)22)11-20-13(2)17-9-14-5-6-15(17)8-14/h3-4,7,10,13-15,17,20H,5-6,8-9,11H2,1-2H3/t13-,14-,15-,17-/m0/s1. The summed E-state index contributed by atoms with van der Waals surface area (Å²) in [6.07, 6.45) is 7.45. The van der Waals surface area contributed by atoms with E-state index in [-0.39, 0.29) is 5.56 Å². The number of rotatable bonds is 4. The van der Waals surface area contributed by atoms with Crippen molar-refractivity contribution in [2.45, 2.75) is 52.1 Å². The maximum Gasteiger partial charge on any atom is 0.258 e. The number of aryl methyl sites for hydroxylation is 1. The summed E-state index contributed by atoms with van der Waals surface area (Å²) in [4.78, 5) is 16.9. The molecular formula is C19H25N3O. The molecule has 0 saturated heterocycles. The van der Waals surface area contributed by atoms with Crippen molar-refractivity contribution in [2.75, 3.05) is 0 Å². The summed E-state index contributed by atoms with van der Waals surface area (Å²) in [5, 5.41) is 3.63. The van der Waals surface area contributed by atoms with E-state index in [4.69, 9.17) is 0 Å². The van der Waals surface area contributed by atoms with E-state index in [1.165, 1.54) is 25.7 Å². The Morgan fingerprint density at radius 1 is 1.39 bits per heavy atom. The number of hydrogen-bond acceptors (Lipinski definition) is 3. The molecule has 4 atom stereocenters. The van der Waals surface area contributed by atoms with Crippen molar-refractivity contribution in [3.8, 4) is 0 Å². The Labute approximate surface area is 136 Å². The van der Waals surface area contributed by atoms with Crippen LogP contribution in [0.15, 0.2) is 29.2 Å². The Morgan fingerprint density at radius 3 is 3.00 bits per heavy atom. The van der Waals surface area contributed by atoms with Crippen LogP contribution in [0.5, 0.6) is 0 Å². The summed E-state index contributed by atoms with van der Waals surface area (Å²) in [5.74, 6) is 2.69. The van der Waals surface area contributed by atoms with Crippen LogP contribution in [0.4, 0.5) is 0 Å². The highest BCUT2D eigenvalue weighted by atomic mass is 16.1. The zero-order valence-electron chi connectivity index (χ0n) is 14.0. The molecule has 2 bridgehead atoms. The second-order valence-corrected chi connectivity index (χ2v) is 7.48. The molecule has 2 aliphatic rings. The highest BCUT2D eigenvalue weighted by Gasteiger charge is 2.41. The van der Waals surface area contributed by atoms with Crippen molar-refractivity contribution < 1.29 is 0 Å². The lowest BCUT2D eigenvalue weighted by Crippen LogP contribution is -2.36. The Morgan fingerprint density at radius 2 is 2.26 bits per heavy atom. The summed E-state index contributed by atoms with van der Waals surface area (Å²) < 4.78 is 1.62. The Bertz CT molecular complexity index is 782. The average Bonchev–Trinajstić information content (AvgIpc) is 3.17. The predicted octanol–water partition coefficient (Wildman–Crippen LogP) is 2.92. The first-order valence-electron chi connectivity index (χ1n) is 8.83. The topological polar surface area (TPSA) is 46.4 Å². The number of nitrogens with one attached hydrogen (secondary N) is 1. The predicted molar refractivity (Wildman–Crippen MR) is 91.4 cm³/mol. The molecule has 0 aromatic carbocycles. The van der Waals surface area contributed by atoms with Crippen LogP contribution in [0.2, 0.25) is 0 Å². The molecule has 2 heterocycles. The van der Waals surface area contributed by atoms with Crippen molar-refractivity contribution in [2.24, 2.45) is 17.8 Å². The molecule has 4 nitrogen and oxygen atoms in total. The maximum absolute atomic E-state index is 12.3. The van der Waals surface area contributed by atoms with Gasteiger partial charge in [0.15, 0.2) is 0 Å². The van der Waals surface area contributed by atoms with Crippen LogP contribution in [0, 0.1) is 24.7 Å². The second kappa shape index (κ2) is 5.75. The molecule has 23 heavy (non-hydrogen) atoms. The molecule has 2 saturated carbocycles. The molecule has 0 radical (unpaired) electrons. The fourth-order valence-electron chi connectivity index (χ4n) is 4.72. The van der Waals surface area contributed by atoms with Gasteiger partial charge in [0.25, 0.3) is 5.56 Å². The lowest BCUT2D eigenvalue weighted by atomic mass is 9.84. The van der Waals surface area contributed by atoms with E-state index in [0.29, 0.717) is 12.6 Å². The minimum Gasteiger partial charge on any atom is -0.308 e. The SMILES string of the molecule is Cc1cccn2c(=O)cc(CN[C@@H](C)[C@@H]3C[C@H]4CC[C@H]3C4)nc12. The van der Waals surface area contributed by atoms with Crippen LogP contribution in [-0.2, 0) is 6.54 Å². The van der Waals surface area contributed by atoms with Gasteiger partial charge in [0.1, 0.15) is 5.65 Å². The highest BCUT2D eigenvalue weighted by molar-refractivity contribution is 5.46. The van der Waals surface area contributed by atoms with Crippen LogP contribution < -0.4 is 10.9 Å². The number of pyridine rings is 1. The quantitative estimate of drug-likeness (QED) is 0.944. The lowest BCUT2D eigenvalue weighted by molar-refractivity contribution is 0.259. The molecule has 2 fully saturated rings. The van der Waals surface area contributed by atoms with Crippen molar-refractivity contribution >= 4 is 5.65 Å². The van der Waals surface area contributed by atoms with E-state index in [1.54, 1.807) is 16.7 Å². The third-order valence-corrected chi connectivity index (χ3v) is 5.98.